The lowest BCUT2D eigenvalue weighted by atomic mass is 10.1. The van der Waals surface area contributed by atoms with Crippen molar-refractivity contribution in [1.82, 2.24) is 0 Å². The minimum atomic E-state index is 0.980. The first-order valence-electron chi connectivity index (χ1n) is 5.84. The highest BCUT2D eigenvalue weighted by molar-refractivity contribution is 7.80. The third kappa shape index (κ3) is 3.04. The van der Waals surface area contributed by atoms with Crippen LogP contribution in [0.2, 0.25) is 0 Å². The molecule has 0 spiro atoms. The van der Waals surface area contributed by atoms with Gasteiger partial charge in [0.25, 0.3) is 0 Å². The Bertz CT molecular complexity index is 503. The number of anilines is 2. The SMILES string of the molecule is CCc1cc(Nc2ccc(S)cc2)ccc1C. The van der Waals surface area contributed by atoms with Crippen LogP contribution in [0.15, 0.2) is 47.4 Å². The Hall–Kier alpha value is -1.41. The van der Waals surface area contributed by atoms with Crippen molar-refractivity contribution in [3.63, 3.8) is 0 Å². The summed E-state index contributed by atoms with van der Waals surface area (Å²) in [5.74, 6) is 0. The van der Waals surface area contributed by atoms with Crippen molar-refractivity contribution in [2.24, 2.45) is 0 Å². The van der Waals surface area contributed by atoms with E-state index in [-0.39, 0.29) is 0 Å². The molecule has 0 aliphatic heterocycles. The summed E-state index contributed by atoms with van der Waals surface area (Å²) in [4.78, 5) is 0.980. The van der Waals surface area contributed by atoms with Crippen LogP contribution in [-0.4, -0.2) is 0 Å². The van der Waals surface area contributed by atoms with Crippen molar-refractivity contribution in [2.45, 2.75) is 25.2 Å². The van der Waals surface area contributed by atoms with E-state index in [1.54, 1.807) is 0 Å². The van der Waals surface area contributed by atoms with Crippen LogP contribution < -0.4 is 5.32 Å². The van der Waals surface area contributed by atoms with E-state index in [0.717, 1.165) is 22.7 Å². The van der Waals surface area contributed by atoms with Crippen molar-refractivity contribution in [2.75, 3.05) is 5.32 Å². The van der Waals surface area contributed by atoms with Gasteiger partial charge in [-0.25, -0.2) is 0 Å². The molecule has 1 N–H and O–H groups in total. The Morgan fingerprint density at radius 1 is 1.00 bits per heavy atom. The summed E-state index contributed by atoms with van der Waals surface area (Å²) in [7, 11) is 0. The molecule has 88 valence electrons. The van der Waals surface area contributed by atoms with Crippen molar-refractivity contribution in [3.8, 4) is 0 Å². The molecule has 0 unspecified atom stereocenters. The van der Waals surface area contributed by atoms with Gasteiger partial charge in [0.2, 0.25) is 0 Å². The highest BCUT2D eigenvalue weighted by Crippen LogP contribution is 2.21. The number of thiol groups is 1. The van der Waals surface area contributed by atoms with Crippen molar-refractivity contribution < 1.29 is 0 Å². The molecule has 2 aromatic carbocycles. The molecule has 0 heterocycles. The first-order valence-corrected chi connectivity index (χ1v) is 6.29. The lowest BCUT2D eigenvalue weighted by Crippen LogP contribution is -1.93. The molecule has 17 heavy (non-hydrogen) atoms. The molecular weight excluding hydrogens is 226 g/mol. The smallest absolute Gasteiger partial charge is 0.0387 e. The molecule has 0 aliphatic carbocycles. The predicted octanol–water partition coefficient (Wildman–Crippen LogP) is 4.59. The minimum Gasteiger partial charge on any atom is -0.356 e. The molecule has 0 fully saturated rings. The third-order valence-corrected chi connectivity index (χ3v) is 3.18. The number of nitrogens with one attached hydrogen (secondary N) is 1. The second-order valence-electron chi connectivity index (χ2n) is 4.17. The van der Waals surface area contributed by atoms with Crippen LogP contribution in [0.25, 0.3) is 0 Å². The maximum Gasteiger partial charge on any atom is 0.0387 e. The van der Waals surface area contributed by atoms with E-state index in [1.807, 2.05) is 24.3 Å². The molecule has 0 bridgehead atoms. The van der Waals surface area contributed by atoms with Gasteiger partial charge in [-0.1, -0.05) is 13.0 Å². The van der Waals surface area contributed by atoms with Crippen molar-refractivity contribution in [1.29, 1.82) is 0 Å². The lowest BCUT2D eigenvalue weighted by Gasteiger charge is -2.10. The Kier molecular flexibility index (Phi) is 3.75. The molecule has 0 aliphatic rings. The normalized spacial score (nSPS) is 10.3. The molecule has 2 rings (SSSR count). The molecule has 1 nitrogen and oxygen atoms in total. The fraction of sp³-hybridized carbons (Fsp3) is 0.200. The van der Waals surface area contributed by atoms with E-state index < -0.39 is 0 Å². The number of hydrogen-bond acceptors (Lipinski definition) is 2. The molecular formula is C15H17NS. The zero-order chi connectivity index (χ0) is 12.3. The van der Waals surface area contributed by atoms with Crippen molar-refractivity contribution in [3.05, 3.63) is 53.6 Å². The monoisotopic (exact) mass is 243 g/mol. The molecule has 0 radical (unpaired) electrons. The fourth-order valence-corrected chi connectivity index (χ4v) is 1.99. The molecule has 2 aromatic rings. The average Bonchev–Trinajstić information content (AvgIpc) is 2.34. The predicted molar refractivity (Wildman–Crippen MR) is 77.5 cm³/mol. The highest BCUT2D eigenvalue weighted by atomic mass is 32.1. The second kappa shape index (κ2) is 5.28. The van der Waals surface area contributed by atoms with E-state index in [1.165, 1.54) is 11.1 Å². The van der Waals surface area contributed by atoms with E-state index in [2.05, 4.69) is 50.0 Å². The van der Waals surface area contributed by atoms with Gasteiger partial charge < -0.3 is 5.32 Å². The summed E-state index contributed by atoms with van der Waals surface area (Å²) >= 11 is 4.27. The largest absolute Gasteiger partial charge is 0.356 e. The zero-order valence-electron chi connectivity index (χ0n) is 10.2. The summed E-state index contributed by atoms with van der Waals surface area (Å²) in [6.45, 7) is 4.33. The molecule has 0 saturated heterocycles. The Labute approximate surface area is 108 Å². The van der Waals surface area contributed by atoms with Crippen LogP contribution in [0, 0.1) is 6.92 Å². The standard InChI is InChI=1S/C15H17NS/c1-3-12-10-14(5-4-11(12)2)16-13-6-8-15(17)9-7-13/h4-10,16-17H,3H2,1-2H3. The molecule has 0 atom stereocenters. The summed E-state index contributed by atoms with van der Waals surface area (Å²) < 4.78 is 0. The summed E-state index contributed by atoms with van der Waals surface area (Å²) in [6, 6.07) is 14.5. The van der Waals surface area contributed by atoms with Crippen molar-refractivity contribution >= 4 is 24.0 Å². The Morgan fingerprint density at radius 3 is 2.29 bits per heavy atom. The van der Waals surface area contributed by atoms with Crippen LogP contribution in [-0.2, 0) is 6.42 Å². The maximum atomic E-state index is 4.27. The molecule has 0 aromatic heterocycles. The highest BCUT2D eigenvalue weighted by Gasteiger charge is 1.99. The first-order chi connectivity index (χ1) is 8.19. The van der Waals surface area contributed by atoms with Gasteiger partial charge in [0, 0.05) is 16.3 Å². The minimum absolute atomic E-state index is 0.980. The van der Waals surface area contributed by atoms with E-state index >= 15 is 0 Å². The van der Waals surface area contributed by atoms with Gasteiger partial charge in [-0.05, 0) is 60.9 Å². The maximum absolute atomic E-state index is 4.27. The summed E-state index contributed by atoms with van der Waals surface area (Å²) in [5, 5.41) is 3.40. The molecule has 0 amide bonds. The van der Waals surface area contributed by atoms with Gasteiger partial charge in [0.1, 0.15) is 0 Å². The molecule has 2 heteroatoms. The summed E-state index contributed by atoms with van der Waals surface area (Å²) in [6.07, 6.45) is 1.07. The summed E-state index contributed by atoms with van der Waals surface area (Å²) in [5.41, 5.74) is 4.97. The van der Waals surface area contributed by atoms with Crippen LogP contribution in [0.1, 0.15) is 18.1 Å². The fourth-order valence-electron chi connectivity index (χ4n) is 1.84. The van der Waals surface area contributed by atoms with Crippen LogP contribution in [0.5, 0.6) is 0 Å². The zero-order valence-corrected chi connectivity index (χ0v) is 11.1. The van der Waals surface area contributed by atoms with Gasteiger partial charge >= 0.3 is 0 Å². The van der Waals surface area contributed by atoms with E-state index in [0.29, 0.717) is 0 Å². The lowest BCUT2D eigenvalue weighted by molar-refractivity contribution is 1.11. The Balaban J connectivity index is 2.21. The topological polar surface area (TPSA) is 12.0 Å². The van der Waals surface area contributed by atoms with Gasteiger partial charge in [0.05, 0.1) is 0 Å². The quantitative estimate of drug-likeness (QED) is 0.751. The van der Waals surface area contributed by atoms with Crippen LogP contribution in [0.3, 0.4) is 0 Å². The Morgan fingerprint density at radius 2 is 1.65 bits per heavy atom. The van der Waals surface area contributed by atoms with Crippen LogP contribution >= 0.6 is 12.6 Å². The van der Waals surface area contributed by atoms with Gasteiger partial charge in [-0.2, -0.15) is 0 Å². The number of benzene rings is 2. The van der Waals surface area contributed by atoms with Gasteiger partial charge in [-0.15, -0.1) is 12.6 Å². The first kappa shape index (κ1) is 12.1. The van der Waals surface area contributed by atoms with E-state index in [9.17, 15) is 0 Å². The van der Waals surface area contributed by atoms with Gasteiger partial charge in [0.15, 0.2) is 0 Å². The second-order valence-corrected chi connectivity index (χ2v) is 4.68. The molecule has 0 saturated carbocycles. The van der Waals surface area contributed by atoms with Crippen LogP contribution in [0.4, 0.5) is 11.4 Å². The van der Waals surface area contributed by atoms with E-state index in [4.69, 9.17) is 0 Å². The number of aryl methyl sites for hydroxylation is 2. The number of rotatable bonds is 3. The van der Waals surface area contributed by atoms with Gasteiger partial charge in [-0.3, -0.25) is 0 Å². The average molecular weight is 243 g/mol. The third-order valence-electron chi connectivity index (χ3n) is 2.89. The number of hydrogen-bond donors (Lipinski definition) is 2.